The monoisotopic (exact) mass is 423 g/mol. The van der Waals surface area contributed by atoms with E-state index in [0.717, 1.165) is 10.9 Å². The van der Waals surface area contributed by atoms with Crippen LogP contribution in [0.3, 0.4) is 0 Å². The Bertz CT molecular complexity index is 1360. The molecule has 8 heteroatoms. The molecular weight excluding hydrogens is 405 g/mol. The fourth-order valence-electron chi connectivity index (χ4n) is 3.17. The largest absolute Gasteiger partial charge is 0.360 e. The van der Waals surface area contributed by atoms with Crippen molar-refractivity contribution in [3.63, 3.8) is 0 Å². The molecule has 1 aromatic heterocycles. The highest BCUT2D eigenvalue weighted by atomic mass is 32.2. The molecule has 4 aromatic rings. The van der Waals surface area contributed by atoms with Crippen molar-refractivity contribution in [2.75, 3.05) is 10.0 Å². The normalized spacial score (nSPS) is 11.4. The van der Waals surface area contributed by atoms with Crippen LogP contribution in [0.15, 0.2) is 77.8 Å². The van der Waals surface area contributed by atoms with Crippen molar-refractivity contribution in [3.8, 4) is 0 Å². The average Bonchev–Trinajstić information content (AvgIpc) is 3.15. The van der Waals surface area contributed by atoms with Crippen molar-refractivity contribution in [1.29, 1.82) is 0 Å². The van der Waals surface area contributed by atoms with E-state index in [1.165, 1.54) is 30.3 Å². The average molecular weight is 423 g/mol. The van der Waals surface area contributed by atoms with Crippen molar-refractivity contribution in [3.05, 3.63) is 89.9 Å². The number of para-hydroxylation sites is 2. The number of aryl methyl sites for hydroxylation is 1. The molecule has 0 atom stereocenters. The molecule has 0 aliphatic heterocycles. The lowest BCUT2D eigenvalue weighted by Gasteiger charge is -2.13. The number of halogens is 1. The van der Waals surface area contributed by atoms with Crippen LogP contribution in [0.2, 0.25) is 0 Å². The predicted octanol–water partition coefficient (Wildman–Crippen LogP) is 4.67. The van der Waals surface area contributed by atoms with Gasteiger partial charge in [-0.25, -0.2) is 12.8 Å². The first-order valence-corrected chi connectivity index (χ1v) is 10.6. The Balaban J connectivity index is 1.63. The summed E-state index contributed by atoms with van der Waals surface area (Å²) in [5, 5.41) is 3.49. The summed E-state index contributed by atoms with van der Waals surface area (Å²) in [6.07, 6.45) is 1.60. The van der Waals surface area contributed by atoms with Crippen LogP contribution < -0.4 is 10.0 Å². The lowest BCUT2D eigenvalue weighted by atomic mass is 10.1. The summed E-state index contributed by atoms with van der Waals surface area (Å²) in [4.78, 5) is 15.7. The van der Waals surface area contributed by atoms with E-state index in [1.807, 2.05) is 24.3 Å². The number of aromatic nitrogens is 1. The van der Waals surface area contributed by atoms with Crippen molar-refractivity contribution in [2.24, 2.45) is 0 Å². The van der Waals surface area contributed by atoms with Gasteiger partial charge in [0.05, 0.1) is 16.1 Å². The van der Waals surface area contributed by atoms with Gasteiger partial charge < -0.3 is 10.3 Å². The molecule has 0 fully saturated rings. The summed E-state index contributed by atoms with van der Waals surface area (Å²) in [6.45, 7) is 1.63. The Morgan fingerprint density at radius 2 is 1.73 bits per heavy atom. The molecule has 0 saturated carbocycles. The van der Waals surface area contributed by atoms with Gasteiger partial charge in [0, 0.05) is 22.8 Å². The van der Waals surface area contributed by atoms with Crippen LogP contribution in [0.5, 0.6) is 0 Å². The highest BCUT2D eigenvalue weighted by molar-refractivity contribution is 7.92. The molecule has 0 spiro atoms. The van der Waals surface area contributed by atoms with Crippen LogP contribution >= 0.6 is 0 Å². The first-order chi connectivity index (χ1) is 14.3. The lowest BCUT2D eigenvalue weighted by molar-refractivity contribution is 0.102. The number of hydrogen-bond donors (Lipinski definition) is 3. The molecule has 0 saturated heterocycles. The van der Waals surface area contributed by atoms with Gasteiger partial charge in [-0.15, -0.1) is 0 Å². The van der Waals surface area contributed by atoms with Crippen LogP contribution in [-0.2, 0) is 10.0 Å². The lowest BCUT2D eigenvalue weighted by Crippen LogP contribution is -2.16. The van der Waals surface area contributed by atoms with Crippen LogP contribution in [0, 0.1) is 12.7 Å². The number of carbonyl (C=O) groups excluding carboxylic acids is 1. The summed E-state index contributed by atoms with van der Waals surface area (Å²) in [5.74, 6) is -1.05. The number of sulfonamides is 1. The number of anilines is 2. The predicted molar refractivity (Wildman–Crippen MR) is 115 cm³/mol. The first kappa shape index (κ1) is 19.7. The Hall–Kier alpha value is -3.65. The van der Waals surface area contributed by atoms with Gasteiger partial charge >= 0.3 is 0 Å². The minimum absolute atomic E-state index is 0.0533. The number of amides is 1. The molecule has 3 aromatic carbocycles. The second kappa shape index (κ2) is 7.64. The maximum absolute atomic E-state index is 13.9. The number of carbonyl (C=O) groups is 1. The molecule has 0 aliphatic rings. The standard InChI is InChI=1S/C22H18FN3O3S/c1-14-10-11-15(25-22(27)17-13-24-19-8-4-2-6-16(17)19)12-21(14)30(28,29)26-20-9-5-3-7-18(20)23/h2-13,24,26H,1H3,(H,25,27). The van der Waals surface area contributed by atoms with Crippen LogP contribution in [0.25, 0.3) is 10.9 Å². The second-order valence-corrected chi connectivity index (χ2v) is 8.42. The molecule has 3 N–H and O–H groups in total. The van der Waals surface area contributed by atoms with Crippen molar-refractivity contribution < 1.29 is 17.6 Å². The van der Waals surface area contributed by atoms with Gasteiger partial charge in [-0.2, -0.15) is 0 Å². The highest BCUT2D eigenvalue weighted by Gasteiger charge is 2.20. The zero-order chi connectivity index (χ0) is 21.3. The molecule has 0 aliphatic carbocycles. The number of nitrogens with one attached hydrogen (secondary N) is 3. The van der Waals surface area contributed by atoms with Crippen molar-refractivity contribution in [1.82, 2.24) is 4.98 Å². The van der Waals surface area contributed by atoms with Crippen LogP contribution in [0.1, 0.15) is 15.9 Å². The van der Waals surface area contributed by atoms with E-state index in [0.29, 0.717) is 16.8 Å². The summed E-state index contributed by atoms with van der Waals surface area (Å²) >= 11 is 0. The number of benzene rings is 3. The van der Waals surface area contributed by atoms with E-state index < -0.39 is 15.8 Å². The van der Waals surface area contributed by atoms with Gasteiger partial charge in [-0.1, -0.05) is 36.4 Å². The van der Waals surface area contributed by atoms with Crippen molar-refractivity contribution in [2.45, 2.75) is 11.8 Å². The van der Waals surface area contributed by atoms with Gasteiger partial charge in [-0.05, 0) is 42.8 Å². The Morgan fingerprint density at radius 1 is 1.00 bits per heavy atom. The molecule has 0 bridgehead atoms. The van der Waals surface area contributed by atoms with Crippen LogP contribution in [0.4, 0.5) is 15.8 Å². The fourth-order valence-corrected chi connectivity index (χ4v) is 4.51. The maximum atomic E-state index is 13.9. The second-order valence-electron chi connectivity index (χ2n) is 6.77. The molecule has 6 nitrogen and oxygen atoms in total. The smallest absolute Gasteiger partial charge is 0.262 e. The van der Waals surface area contributed by atoms with E-state index in [1.54, 1.807) is 25.3 Å². The minimum Gasteiger partial charge on any atom is -0.360 e. The maximum Gasteiger partial charge on any atom is 0.262 e. The molecule has 152 valence electrons. The molecule has 1 amide bonds. The highest BCUT2D eigenvalue weighted by Crippen LogP contribution is 2.25. The van der Waals surface area contributed by atoms with E-state index in [2.05, 4.69) is 15.0 Å². The van der Waals surface area contributed by atoms with Gasteiger partial charge in [0.1, 0.15) is 5.82 Å². The third-order valence-corrected chi connectivity index (χ3v) is 6.20. The summed E-state index contributed by atoms with van der Waals surface area (Å²) in [6, 6.07) is 17.4. The van der Waals surface area contributed by atoms with E-state index in [4.69, 9.17) is 0 Å². The number of hydrogen-bond acceptors (Lipinski definition) is 3. The van der Waals surface area contributed by atoms with E-state index in [9.17, 15) is 17.6 Å². The number of rotatable bonds is 5. The molecule has 4 rings (SSSR count). The van der Waals surface area contributed by atoms with E-state index in [-0.39, 0.29) is 16.5 Å². The zero-order valence-corrected chi connectivity index (χ0v) is 16.8. The van der Waals surface area contributed by atoms with E-state index >= 15 is 0 Å². The fraction of sp³-hybridized carbons (Fsp3) is 0.0455. The Kier molecular flexibility index (Phi) is 5.01. The molecule has 0 unspecified atom stereocenters. The minimum atomic E-state index is -4.06. The summed E-state index contributed by atoms with van der Waals surface area (Å²) in [5.41, 5.74) is 1.89. The molecule has 30 heavy (non-hydrogen) atoms. The number of aromatic amines is 1. The zero-order valence-electron chi connectivity index (χ0n) is 15.9. The molecule has 1 heterocycles. The van der Waals surface area contributed by atoms with Crippen LogP contribution in [-0.4, -0.2) is 19.3 Å². The van der Waals surface area contributed by atoms with Crippen molar-refractivity contribution >= 4 is 38.2 Å². The third kappa shape index (κ3) is 3.77. The quantitative estimate of drug-likeness (QED) is 0.436. The third-order valence-electron chi connectivity index (χ3n) is 4.69. The first-order valence-electron chi connectivity index (χ1n) is 9.10. The number of H-pyrrole nitrogens is 1. The van der Waals surface area contributed by atoms with Gasteiger partial charge in [0.25, 0.3) is 15.9 Å². The van der Waals surface area contributed by atoms with Gasteiger partial charge in [0.2, 0.25) is 0 Å². The van der Waals surface area contributed by atoms with Gasteiger partial charge in [0.15, 0.2) is 0 Å². The molecular formula is C22H18FN3O3S. The summed E-state index contributed by atoms with van der Waals surface area (Å²) < 4.78 is 41.8. The Labute approximate surface area is 172 Å². The van der Waals surface area contributed by atoms with Gasteiger partial charge in [-0.3, -0.25) is 9.52 Å². The topological polar surface area (TPSA) is 91.1 Å². The molecule has 0 radical (unpaired) electrons. The Morgan fingerprint density at radius 3 is 2.53 bits per heavy atom. The summed E-state index contributed by atoms with van der Waals surface area (Å²) in [7, 11) is -4.06. The number of fused-ring (bicyclic) bond motifs is 1. The SMILES string of the molecule is Cc1ccc(NC(=O)c2c[nH]c3ccccc23)cc1S(=O)(=O)Nc1ccccc1F.